The van der Waals surface area contributed by atoms with E-state index >= 15 is 0 Å². The van der Waals surface area contributed by atoms with Crippen LogP contribution >= 0.6 is 0 Å². The number of methoxy groups -OCH3 is 1. The van der Waals surface area contributed by atoms with Crippen molar-refractivity contribution >= 4 is 11.7 Å². The van der Waals surface area contributed by atoms with Crippen LogP contribution in [0.2, 0.25) is 0 Å². The Bertz CT molecular complexity index is 441. The zero-order valence-corrected chi connectivity index (χ0v) is 8.89. The molecule has 0 amide bonds. The second-order valence-electron chi connectivity index (χ2n) is 3.11. The van der Waals surface area contributed by atoms with Crippen molar-refractivity contribution in [1.29, 1.82) is 0 Å². The average Bonchev–Trinajstić information content (AvgIpc) is 2.28. The van der Waals surface area contributed by atoms with Gasteiger partial charge in [-0.1, -0.05) is 6.92 Å². The molecule has 0 heterocycles. The lowest BCUT2D eigenvalue weighted by atomic mass is 10.1. The fourth-order valence-electron chi connectivity index (χ4n) is 1.29. The summed E-state index contributed by atoms with van der Waals surface area (Å²) in [4.78, 5) is 21.2. The van der Waals surface area contributed by atoms with Gasteiger partial charge >= 0.3 is 11.7 Å². The number of nitrogens with zero attached hydrogens (tertiary/aromatic N) is 1. The van der Waals surface area contributed by atoms with Crippen molar-refractivity contribution in [2.45, 2.75) is 13.3 Å². The molecule has 0 aliphatic rings. The molecule has 0 aliphatic carbocycles. The molecule has 16 heavy (non-hydrogen) atoms. The first-order chi connectivity index (χ1) is 7.51. The second-order valence-corrected chi connectivity index (χ2v) is 3.11. The Labute approximate surface area is 91.6 Å². The number of esters is 1. The maximum Gasteiger partial charge on any atom is 0.341 e. The van der Waals surface area contributed by atoms with Crippen molar-refractivity contribution in [2.75, 3.05) is 7.11 Å². The quantitative estimate of drug-likeness (QED) is 0.480. The summed E-state index contributed by atoms with van der Waals surface area (Å²) in [7, 11) is 1.15. The van der Waals surface area contributed by atoms with Gasteiger partial charge in [0.1, 0.15) is 5.56 Å². The first-order valence-electron chi connectivity index (χ1n) is 4.59. The van der Waals surface area contributed by atoms with Crippen molar-refractivity contribution in [3.05, 3.63) is 33.4 Å². The molecule has 1 aromatic carbocycles. The van der Waals surface area contributed by atoms with E-state index in [4.69, 9.17) is 0 Å². The minimum Gasteiger partial charge on any atom is -0.501 e. The number of hydrogen-bond acceptors (Lipinski definition) is 5. The number of nitro benzene ring substituents is 1. The van der Waals surface area contributed by atoms with Gasteiger partial charge in [-0.3, -0.25) is 10.1 Å². The SMILES string of the molecule is CCc1cc(C(=O)OC)c(O)c([N+](=O)[O-])c1. The van der Waals surface area contributed by atoms with E-state index in [1.165, 1.54) is 12.1 Å². The fraction of sp³-hybridized carbons (Fsp3) is 0.300. The van der Waals surface area contributed by atoms with Gasteiger partial charge in [-0.2, -0.15) is 0 Å². The molecule has 0 atom stereocenters. The molecule has 0 unspecified atom stereocenters. The highest BCUT2D eigenvalue weighted by Gasteiger charge is 2.23. The lowest BCUT2D eigenvalue weighted by Crippen LogP contribution is -2.04. The van der Waals surface area contributed by atoms with Gasteiger partial charge in [0.25, 0.3) is 0 Å². The van der Waals surface area contributed by atoms with Crippen LogP contribution < -0.4 is 0 Å². The second kappa shape index (κ2) is 4.61. The number of aryl methyl sites for hydroxylation is 1. The molecular formula is C10H11NO5. The van der Waals surface area contributed by atoms with E-state index in [-0.39, 0.29) is 5.56 Å². The molecule has 0 bridgehead atoms. The Balaban J connectivity index is 3.43. The van der Waals surface area contributed by atoms with E-state index in [9.17, 15) is 20.0 Å². The van der Waals surface area contributed by atoms with E-state index < -0.39 is 22.3 Å². The monoisotopic (exact) mass is 225 g/mol. The summed E-state index contributed by atoms with van der Waals surface area (Å²) in [5.74, 6) is -1.45. The summed E-state index contributed by atoms with van der Waals surface area (Å²) < 4.78 is 4.43. The topological polar surface area (TPSA) is 89.7 Å². The minimum atomic E-state index is -0.795. The predicted octanol–water partition coefficient (Wildman–Crippen LogP) is 1.65. The number of ether oxygens (including phenoxy) is 1. The van der Waals surface area contributed by atoms with Crippen LogP contribution in [0.25, 0.3) is 0 Å². The lowest BCUT2D eigenvalue weighted by Gasteiger charge is -2.05. The van der Waals surface area contributed by atoms with E-state index in [0.29, 0.717) is 12.0 Å². The van der Waals surface area contributed by atoms with Crippen LogP contribution in [0.15, 0.2) is 12.1 Å². The average molecular weight is 225 g/mol. The molecule has 86 valence electrons. The summed E-state index contributed by atoms with van der Waals surface area (Å²) in [6.45, 7) is 1.79. The molecule has 0 saturated heterocycles. The normalized spacial score (nSPS) is 9.88. The third-order valence-corrected chi connectivity index (χ3v) is 2.16. The number of phenolic OH excluding ortho intramolecular Hbond substituents is 1. The van der Waals surface area contributed by atoms with Crippen LogP contribution in [0.3, 0.4) is 0 Å². The Morgan fingerprint density at radius 3 is 2.62 bits per heavy atom. The van der Waals surface area contributed by atoms with Crippen LogP contribution in [0, 0.1) is 10.1 Å². The summed E-state index contributed by atoms with van der Waals surface area (Å²) >= 11 is 0. The van der Waals surface area contributed by atoms with Gasteiger partial charge in [-0.25, -0.2) is 4.79 Å². The number of hydrogen-bond donors (Lipinski definition) is 1. The minimum absolute atomic E-state index is 0.187. The predicted molar refractivity (Wildman–Crippen MR) is 55.5 cm³/mol. The Kier molecular flexibility index (Phi) is 3.44. The smallest absolute Gasteiger partial charge is 0.341 e. The maximum absolute atomic E-state index is 11.3. The molecule has 0 fully saturated rings. The van der Waals surface area contributed by atoms with Gasteiger partial charge < -0.3 is 9.84 Å². The molecule has 0 saturated carbocycles. The van der Waals surface area contributed by atoms with E-state index in [1.54, 1.807) is 6.92 Å². The van der Waals surface area contributed by atoms with Gasteiger partial charge in [-0.15, -0.1) is 0 Å². The largest absolute Gasteiger partial charge is 0.501 e. The van der Waals surface area contributed by atoms with Crippen LogP contribution in [-0.2, 0) is 11.2 Å². The first-order valence-corrected chi connectivity index (χ1v) is 4.59. The molecule has 0 spiro atoms. The van der Waals surface area contributed by atoms with Crippen LogP contribution in [0.5, 0.6) is 5.75 Å². The first kappa shape index (κ1) is 12.0. The molecule has 6 heteroatoms. The van der Waals surface area contributed by atoms with Gasteiger partial charge in [0, 0.05) is 6.07 Å². The number of aromatic hydroxyl groups is 1. The van der Waals surface area contributed by atoms with E-state index in [2.05, 4.69) is 4.74 Å². The van der Waals surface area contributed by atoms with Gasteiger partial charge in [0.15, 0.2) is 0 Å². The number of carbonyl (C=O) groups excluding carboxylic acids is 1. The Morgan fingerprint density at radius 2 is 2.19 bits per heavy atom. The number of carbonyl (C=O) groups is 1. The van der Waals surface area contributed by atoms with Crippen molar-refractivity contribution in [1.82, 2.24) is 0 Å². The molecule has 0 radical (unpaired) electrons. The van der Waals surface area contributed by atoms with E-state index in [0.717, 1.165) is 7.11 Å². The zero-order valence-electron chi connectivity index (χ0n) is 8.89. The molecule has 1 rings (SSSR count). The Morgan fingerprint density at radius 1 is 1.56 bits per heavy atom. The molecule has 6 nitrogen and oxygen atoms in total. The van der Waals surface area contributed by atoms with Gasteiger partial charge in [0.2, 0.25) is 5.75 Å². The molecule has 1 aromatic rings. The Hall–Kier alpha value is -2.11. The molecule has 0 aliphatic heterocycles. The third-order valence-electron chi connectivity index (χ3n) is 2.16. The molecular weight excluding hydrogens is 214 g/mol. The number of rotatable bonds is 3. The summed E-state index contributed by atoms with van der Waals surface area (Å²) in [5, 5.41) is 20.2. The zero-order chi connectivity index (χ0) is 12.3. The van der Waals surface area contributed by atoms with Crippen molar-refractivity contribution < 1.29 is 19.6 Å². The van der Waals surface area contributed by atoms with Gasteiger partial charge in [0.05, 0.1) is 12.0 Å². The summed E-state index contributed by atoms with van der Waals surface area (Å²) in [6, 6.07) is 2.62. The number of phenols is 1. The highest BCUT2D eigenvalue weighted by atomic mass is 16.6. The summed E-state index contributed by atoms with van der Waals surface area (Å²) in [6.07, 6.45) is 0.519. The summed E-state index contributed by atoms with van der Waals surface area (Å²) in [5.41, 5.74) is -0.0850. The van der Waals surface area contributed by atoms with Crippen LogP contribution in [0.4, 0.5) is 5.69 Å². The number of benzene rings is 1. The highest BCUT2D eigenvalue weighted by Crippen LogP contribution is 2.31. The van der Waals surface area contributed by atoms with Crippen LogP contribution in [-0.4, -0.2) is 23.1 Å². The molecule has 0 aromatic heterocycles. The highest BCUT2D eigenvalue weighted by molar-refractivity contribution is 5.94. The van der Waals surface area contributed by atoms with Crippen LogP contribution in [0.1, 0.15) is 22.8 Å². The number of nitro groups is 1. The standard InChI is InChI=1S/C10H11NO5/c1-3-6-4-7(10(13)16-2)9(12)8(5-6)11(14)15/h4-5,12H,3H2,1-2H3. The van der Waals surface area contributed by atoms with Crippen molar-refractivity contribution in [2.24, 2.45) is 0 Å². The third kappa shape index (κ3) is 2.10. The van der Waals surface area contributed by atoms with Gasteiger partial charge in [-0.05, 0) is 18.1 Å². The maximum atomic E-state index is 11.3. The molecule has 1 N–H and O–H groups in total. The van der Waals surface area contributed by atoms with Crippen molar-refractivity contribution in [3.63, 3.8) is 0 Å². The van der Waals surface area contributed by atoms with E-state index in [1.807, 2.05) is 0 Å². The lowest BCUT2D eigenvalue weighted by molar-refractivity contribution is -0.386. The fourth-order valence-corrected chi connectivity index (χ4v) is 1.29. The van der Waals surface area contributed by atoms with Crippen molar-refractivity contribution in [3.8, 4) is 5.75 Å².